The van der Waals surface area contributed by atoms with Gasteiger partial charge in [0.15, 0.2) is 17.3 Å². The summed E-state index contributed by atoms with van der Waals surface area (Å²) in [5.41, 5.74) is 1.67. The number of urea groups is 1. The molecule has 2 aromatic rings. The predicted octanol–water partition coefficient (Wildman–Crippen LogP) is 3.18. The highest BCUT2D eigenvalue weighted by molar-refractivity contribution is 6.16. The Kier molecular flexibility index (Phi) is 4.94. The Hall–Kier alpha value is -3.22. The third-order valence-electron chi connectivity index (χ3n) is 4.54. The van der Waals surface area contributed by atoms with E-state index >= 15 is 0 Å². The molecule has 0 aromatic heterocycles. The summed E-state index contributed by atoms with van der Waals surface area (Å²) in [6.07, 6.45) is 0. The molecule has 0 aliphatic carbocycles. The van der Waals surface area contributed by atoms with Gasteiger partial charge < -0.3 is 4.74 Å². The summed E-state index contributed by atoms with van der Waals surface area (Å²) in [6, 6.07) is 9.66. The maximum Gasteiger partial charge on any atom is 0.332 e. The van der Waals surface area contributed by atoms with E-state index in [-0.39, 0.29) is 11.3 Å². The molecule has 140 valence electrons. The third kappa shape index (κ3) is 3.40. The van der Waals surface area contributed by atoms with Gasteiger partial charge in [0.1, 0.15) is 6.04 Å². The first-order chi connectivity index (χ1) is 12.8. The van der Waals surface area contributed by atoms with Crippen molar-refractivity contribution in [3.8, 4) is 5.75 Å². The monoisotopic (exact) mass is 370 g/mol. The number of carbonyl (C=O) groups excluding carboxylic acids is 3. The van der Waals surface area contributed by atoms with Crippen LogP contribution in [0.25, 0.3) is 0 Å². The molecule has 0 spiro atoms. The van der Waals surface area contributed by atoms with Crippen LogP contribution in [0.15, 0.2) is 42.5 Å². The zero-order valence-corrected chi connectivity index (χ0v) is 15.2. The molecule has 1 fully saturated rings. The van der Waals surface area contributed by atoms with Crippen molar-refractivity contribution in [3.05, 3.63) is 59.4 Å². The van der Waals surface area contributed by atoms with Crippen molar-refractivity contribution >= 4 is 23.4 Å². The molecule has 1 aliphatic rings. The standard InChI is InChI=1S/C20H19FN2O4/c1-12-4-7-15(8-5-12)23-13(2)19(25)22(20(23)26)11-17(24)14-6-9-18(27-3)16(21)10-14/h4-10,13H,11H2,1-3H3/t13-/m1/s1. The molecule has 3 rings (SSSR count). The highest BCUT2D eigenvalue weighted by Gasteiger charge is 2.44. The number of nitrogens with zero attached hydrogens (tertiary/aromatic N) is 2. The van der Waals surface area contributed by atoms with Crippen LogP contribution in [0.5, 0.6) is 5.75 Å². The fourth-order valence-corrected chi connectivity index (χ4v) is 2.99. The van der Waals surface area contributed by atoms with Gasteiger partial charge in [0, 0.05) is 11.3 Å². The van der Waals surface area contributed by atoms with Crippen LogP contribution < -0.4 is 9.64 Å². The molecule has 0 N–H and O–H groups in total. The highest BCUT2D eigenvalue weighted by Crippen LogP contribution is 2.26. The molecule has 27 heavy (non-hydrogen) atoms. The largest absolute Gasteiger partial charge is 0.494 e. The lowest BCUT2D eigenvalue weighted by atomic mass is 10.1. The van der Waals surface area contributed by atoms with Gasteiger partial charge in [-0.2, -0.15) is 0 Å². The average molecular weight is 370 g/mol. The molecule has 7 heteroatoms. The Morgan fingerprint density at radius 2 is 1.81 bits per heavy atom. The van der Waals surface area contributed by atoms with Crippen LogP contribution >= 0.6 is 0 Å². The Balaban J connectivity index is 1.81. The Bertz CT molecular complexity index is 911. The van der Waals surface area contributed by atoms with Gasteiger partial charge in [-0.05, 0) is 44.2 Å². The molecule has 1 atom stereocenters. The normalized spacial score (nSPS) is 16.8. The molecule has 3 amide bonds. The van der Waals surface area contributed by atoms with Crippen LogP contribution in [0.1, 0.15) is 22.8 Å². The van der Waals surface area contributed by atoms with E-state index in [1.807, 2.05) is 19.1 Å². The lowest BCUT2D eigenvalue weighted by Crippen LogP contribution is -2.37. The van der Waals surface area contributed by atoms with Crippen LogP contribution in [0.4, 0.5) is 14.9 Å². The van der Waals surface area contributed by atoms with Crippen molar-refractivity contribution in [1.82, 2.24) is 4.90 Å². The number of anilines is 1. The first-order valence-corrected chi connectivity index (χ1v) is 8.41. The summed E-state index contributed by atoms with van der Waals surface area (Å²) < 4.78 is 18.6. The van der Waals surface area contributed by atoms with E-state index in [4.69, 9.17) is 4.74 Å². The topological polar surface area (TPSA) is 66.9 Å². The number of benzene rings is 2. The van der Waals surface area contributed by atoms with Crippen molar-refractivity contribution in [2.24, 2.45) is 0 Å². The van der Waals surface area contributed by atoms with Gasteiger partial charge >= 0.3 is 6.03 Å². The average Bonchev–Trinajstić information content (AvgIpc) is 2.86. The van der Waals surface area contributed by atoms with Crippen LogP contribution in [0, 0.1) is 12.7 Å². The molecule has 6 nitrogen and oxygen atoms in total. The van der Waals surface area contributed by atoms with Crippen molar-refractivity contribution in [3.63, 3.8) is 0 Å². The zero-order valence-electron chi connectivity index (χ0n) is 15.2. The summed E-state index contributed by atoms with van der Waals surface area (Å²) in [5.74, 6) is -1.67. The Labute approximate surface area is 156 Å². The fraction of sp³-hybridized carbons (Fsp3) is 0.250. The van der Waals surface area contributed by atoms with Crippen molar-refractivity contribution in [2.45, 2.75) is 19.9 Å². The van der Waals surface area contributed by atoms with Crippen molar-refractivity contribution in [2.75, 3.05) is 18.6 Å². The molecule has 1 aliphatic heterocycles. The van der Waals surface area contributed by atoms with E-state index in [0.29, 0.717) is 5.69 Å². The molecule has 0 saturated carbocycles. The van der Waals surface area contributed by atoms with Gasteiger partial charge in [-0.25, -0.2) is 9.18 Å². The molecular formula is C20H19FN2O4. The molecule has 1 saturated heterocycles. The van der Waals surface area contributed by atoms with Gasteiger partial charge in [-0.3, -0.25) is 19.4 Å². The molecule has 0 radical (unpaired) electrons. The van der Waals surface area contributed by atoms with Gasteiger partial charge in [-0.1, -0.05) is 17.7 Å². The van der Waals surface area contributed by atoms with Crippen LogP contribution in [0.3, 0.4) is 0 Å². The van der Waals surface area contributed by atoms with Crippen LogP contribution in [-0.2, 0) is 4.79 Å². The molecule has 1 heterocycles. The predicted molar refractivity (Wildman–Crippen MR) is 97.5 cm³/mol. The Morgan fingerprint density at radius 3 is 2.41 bits per heavy atom. The second-order valence-corrected chi connectivity index (χ2v) is 6.36. The first kappa shape index (κ1) is 18.6. The van der Waals surface area contributed by atoms with Gasteiger partial charge in [-0.15, -0.1) is 0 Å². The van der Waals surface area contributed by atoms with Gasteiger partial charge in [0.05, 0.1) is 13.7 Å². The minimum atomic E-state index is -0.722. The lowest BCUT2D eigenvalue weighted by molar-refractivity contribution is -0.126. The molecule has 0 bridgehead atoms. The Morgan fingerprint density at radius 1 is 1.15 bits per heavy atom. The number of ketones is 1. The number of hydrogen-bond acceptors (Lipinski definition) is 4. The van der Waals surface area contributed by atoms with E-state index in [1.54, 1.807) is 19.1 Å². The second kappa shape index (κ2) is 7.19. The summed E-state index contributed by atoms with van der Waals surface area (Å²) in [7, 11) is 1.32. The summed E-state index contributed by atoms with van der Waals surface area (Å²) >= 11 is 0. The number of ether oxygens (including phenoxy) is 1. The fourth-order valence-electron chi connectivity index (χ4n) is 2.99. The summed E-state index contributed by atoms with van der Waals surface area (Å²) in [5, 5.41) is 0. The van der Waals surface area contributed by atoms with Gasteiger partial charge in [0.2, 0.25) is 0 Å². The number of hydrogen-bond donors (Lipinski definition) is 0. The number of Topliss-reactive ketones (excluding diaryl/α,β-unsaturated/α-hetero) is 1. The SMILES string of the molecule is COc1ccc(C(=O)CN2C(=O)[C@@H](C)N(c3ccc(C)cc3)C2=O)cc1F. The molecule has 2 aromatic carbocycles. The minimum absolute atomic E-state index is 0.0130. The number of aryl methyl sites for hydroxylation is 1. The summed E-state index contributed by atoms with van der Waals surface area (Å²) in [4.78, 5) is 40.0. The number of halogens is 1. The quantitative estimate of drug-likeness (QED) is 0.599. The number of imide groups is 1. The number of methoxy groups -OCH3 is 1. The lowest BCUT2D eigenvalue weighted by Gasteiger charge is -2.19. The third-order valence-corrected chi connectivity index (χ3v) is 4.54. The van der Waals surface area contributed by atoms with Crippen LogP contribution in [0.2, 0.25) is 0 Å². The van der Waals surface area contributed by atoms with E-state index in [9.17, 15) is 18.8 Å². The molecular weight excluding hydrogens is 351 g/mol. The van der Waals surface area contributed by atoms with Crippen molar-refractivity contribution in [1.29, 1.82) is 0 Å². The van der Waals surface area contributed by atoms with Crippen molar-refractivity contribution < 1.29 is 23.5 Å². The van der Waals surface area contributed by atoms with Gasteiger partial charge in [0.25, 0.3) is 5.91 Å². The maximum atomic E-state index is 13.8. The van der Waals surface area contributed by atoms with Crippen LogP contribution in [-0.4, -0.2) is 42.3 Å². The van der Waals surface area contributed by atoms with E-state index in [2.05, 4.69) is 0 Å². The zero-order chi connectivity index (χ0) is 19.7. The van der Waals surface area contributed by atoms with E-state index < -0.39 is 36.1 Å². The van der Waals surface area contributed by atoms with E-state index in [1.165, 1.54) is 24.1 Å². The molecule has 0 unspecified atom stereocenters. The highest BCUT2D eigenvalue weighted by atomic mass is 19.1. The van der Waals surface area contributed by atoms with E-state index in [0.717, 1.165) is 16.5 Å². The number of amides is 3. The minimum Gasteiger partial charge on any atom is -0.494 e. The smallest absolute Gasteiger partial charge is 0.332 e. The maximum absolute atomic E-state index is 13.8. The number of carbonyl (C=O) groups is 3. The first-order valence-electron chi connectivity index (χ1n) is 8.41. The second-order valence-electron chi connectivity index (χ2n) is 6.36. The summed E-state index contributed by atoms with van der Waals surface area (Å²) in [6.45, 7) is 3.08. The number of rotatable bonds is 5.